The lowest BCUT2D eigenvalue weighted by Crippen LogP contribution is -2.03. The highest BCUT2D eigenvalue weighted by Crippen LogP contribution is 2.51. The highest BCUT2D eigenvalue weighted by atomic mass is 16.3. The number of hydrogen-bond acceptors (Lipinski definition) is 3. The summed E-state index contributed by atoms with van der Waals surface area (Å²) in [5.74, 6) is 0.667. The van der Waals surface area contributed by atoms with E-state index in [1.807, 2.05) is 24.3 Å². The van der Waals surface area contributed by atoms with E-state index in [2.05, 4.69) is 120 Å². The Kier molecular flexibility index (Phi) is 4.55. The van der Waals surface area contributed by atoms with Crippen LogP contribution in [0.3, 0.4) is 0 Å². The van der Waals surface area contributed by atoms with Gasteiger partial charge in [0.1, 0.15) is 11.2 Å². The maximum absolute atomic E-state index is 6.42. The predicted molar refractivity (Wildman–Crippen MR) is 189 cm³/mol. The Bertz CT molecular complexity index is 2910. The van der Waals surface area contributed by atoms with Crippen LogP contribution in [-0.4, -0.2) is 14.5 Å². The molecule has 0 aliphatic heterocycles. The van der Waals surface area contributed by atoms with Crippen molar-refractivity contribution in [1.82, 2.24) is 14.5 Å². The molecule has 10 aromatic rings. The molecule has 0 atom stereocenters. The molecule has 1 aliphatic carbocycles. The average Bonchev–Trinajstić information content (AvgIpc) is 3.62. The maximum atomic E-state index is 6.42. The molecule has 4 nitrogen and oxygen atoms in total. The van der Waals surface area contributed by atoms with Crippen LogP contribution in [0.5, 0.6) is 0 Å². The summed E-state index contributed by atoms with van der Waals surface area (Å²) in [6, 6.07) is 49.4. The van der Waals surface area contributed by atoms with Crippen molar-refractivity contribution in [3.05, 3.63) is 140 Å². The second-order valence-corrected chi connectivity index (χ2v) is 12.1. The minimum Gasteiger partial charge on any atom is -0.456 e. The Morgan fingerprint density at radius 3 is 2.11 bits per heavy atom. The molecular weight excluding hydrogens is 562 g/mol. The molecule has 0 spiro atoms. The van der Waals surface area contributed by atoms with Crippen LogP contribution >= 0.6 is 0 Å². The van der Waals surface area contributed by atoms with Crippen molar-refractivity contribution in [2.24, 2.45) is 0 Å². The van der Waals surface area contributed by atoms with Crippen LogP contribution < -0.4 is 0 Å². The maximum Gasteiger partial charge on any atom is 0.235 e. The van der Waals surface area contributed by atoms with Crippen LogP contribution in [0.15, 0.2) is 144 Å². The molecule has 7 aromatic carbocycles. The Morgan fingerprint density at radius 2 is 1.20 bits per heavy atom. The monoisotopic (exact) mass is 585 g/mol. The normalized spacial score (nSPS) is 12.3. The summed E-state index contributed by atoms with van der Waals surface area (Å²) in [5.41, 5.74) is 11.7. The van der Waals surface area contributed by atoms with Gasteiger partial charge in [0.05, 0.1) is 22.2 Å². The van der Waals surface area contributed by atoms with E-state index in [0.29, 0.717) is 5.95 Å². The van der Waals surface area contributed by atoms with Crippen LogP contribution in [0, 0.1) is 0 Å². The van der Waals surface area contributed by atoms with Crippen LogP contribution in [0.1, 0.15) is 0 Å². The van der Waals surface area contributed by atoms with Gasteiger partial charge in [0.15, 0.2) is 0 Å². The van der Waals surface area contributed by atoms with E-state index in [1.165, 1.54) is 43.8 Å². The van der Waals surface area contributed by atoms with E-state index < -0.39 is 0 Å². The molecule has 0 radical (unpaired) electrons. The van der Waals surface area contributed by atoms with Crippen molar-refractivity contribution in [1.29, 1.82) is 0 Å². The molecule has 0 amide bonds. The predicted octanol–water partition coefficient (Wildman–Crippen LogP) is 11.1. The van der Waals surface area contributed by atoms with Gasteiger partial charge >= 0.3 is 0 Å². The lowest BCUT2D eigenvalue weighted by atomic mass is 9.92. The number of para-hydroxylation sites is 2. The van der Waals surface area contributed by atoms with E-state index in [9.17, 15) is 0 Å². The molecule has 1 aliphatic rings. The molecule has 4 heteroatoms. The summed E-state index contributed by atoms with van der Waals surface area (Å²) in [7, 11) is 0. The minimum atomic E-state index is 0.667. The third kappa shape index (κ3) is 3.07. The van der Waals surface area contributed by atoms with Crippen LogP contribution in [0.4, 0.5) is 0 Å². The second-order valence-electron chi connectivity index (χ2n) is 12.1. The van der Waals surface area contributed by atoms with Gasteiger partial charge in [0, 0.05) is 32.5 Å². The first-order valence-electron chi connectivity index (χ1n) is 15.6. The molecule has 0 unspecified atom stereocenters. The summed E-state index contributed by atoms with van der Waals surface area (Å²) in [6.07, 6.45) is 0. The van der Waals surface area contributed by atoms with E-state index in [-0.39, 0.29) is 0 Å². The Labute approximate surface area is 262 Å². The Balaban J connectivity index is 1.31. The van der Waals surface area contributed by atoms with Crippen LogP contribution in [0.2, 0.25) is 0 Å². The topological polar surface area (TPSA) is 43.9 Å². The van der Waals surface area contributed by atoms with Gasteiger partial charge in [-0.3, -0.25) is 4.57 Å². The number of nitrogens with zero attached hydrogens (tertiary/aromatic N) is 3. The number of fused-ring (bicyclic) bond motifs is 7. The first-order chi connectivity index (χ1) is 22.8. The Hall–Kier alpha value is -6.26. The zero-order valence-electron chi connectivity index (χ0n) is 24.5. The third-order valence-electron chi connectivity index (χ3n) is 9.73. The smallest absolute Gasteiger partial charge is 0.235 e. The van der Waals surface area contributed by atoms with Crippen molar-refractivity contribution >= 4 is 65.4 Å². The van der Waals surface area contributed by atoms with E-state index >= 15 is 0 Å². The number of benzene rings is 7. The van der Waals surface area contributed by atoms with E-state index in [4.69, 9.17) is 14.4 Å². The van der Waals surface area contributed by atoms with E-state index in [1.54, 1.807) is 0 Å². The molecular formula is C42H23N3O. The van der Waals surface area contributed by atoms with Gasteiger partial charge in [0.2, 0.25) is 5.95 Å². The Morgan fingerprint density at radius 1 is 0.457 bits per heavy atom. The van der Waals surface area contributed by atoms with Gasteiger partial charge in [-0.15, -0.1) is 0 Å². The summed E-state index contributed by atoms with van der Waals surface area (Å²) < 4.78 is 8.68. The zero-order chi connectivity index (χ0) is 29.9. The summed E-state index contributed by atoms with van der Waals surface area (Å²) in [6.45, 7) is 0. The number of hydrogen-bond donors (Lipinski definition) is 0. The second kappa shape index (κ2) is 8.68. The molecule has 3 aromatic heterocycles. The van der Waals surface area contributed by atoms with E-state index in [0.717, 1.165) is 55.1 Å². The minimum absolute atomic E-state index is 0.667. The van der Waals surface area contributed by atoms with Crippen molar-refractivity contribution in [2.75, 3.05) is 0 Å². The number of furan rings is 1. The fourth-order valence-electron chi connectivity index (χ4n) is 7.79. The van der Waals surface area contributed by atoms with Crippen LogP contribution in [0.25, 0.3) is 105 Å². The highest BCUT2D eigenvalue weighted by Gasteiger charge is 2.27. The molecule has 0 fully saturated rings. The SMILES string of the molecule is c1ccc(-c2nc(-n3c4cccc5c4c4c6c(cccc6ccc43)-c3cc4c(cc3-5)oc3ccccc34)nc3ccccc23)cc1. The fraction of sp³-hybridized carbons (Fsp3) is 0. The average molecular weight is 586 g/mol. The highest BCUT2D eigenvalue weighted by molar-refractivity contribution is 6.31. The molecule has 0 saturated heterocycles. The molecule has 0 bridgehead atoms. The molecule has 212 valence electrons. The van der Waals surface area contributed by atoms with Gasteiger partial charge in [-0.05, 0) is 69.4 Å². The third-order valence-corrected chi connectivity index (χ3v) is 9.73. The van der Waals surface area contributed by atoms with Crippen molar-refractivity contribution in [2.45, 2.75) is 0 Å². The fourth-order valence-corrected chi connectivity index (χ4v) is 7.79. The molecule has 3 heterocycles. The summed E-state index contributed by atoms with van der Waals surface area (Å²) >= 11 is 0. The molecule has 46 heavy (non-hydrogen) atoms. The lowest BCUT2D eigenvalue weighted by molar-refractivity contribution is 0.669. The summed E-state index contributed by atoms with van der Waals surface area (Å²) in [4.78, 5) is 10.5. The van der Waals surface area contributed by atoms with Gasteiger partial charge in [-0.1, -0.05) is 103 Å². The quantitative estimate of drug-likeness (QED) is 0.203. The lowest BCUT2D eigenvalue weighted by Gasteiger charge is -2.14. The van der Waals surface area contributed by atoms with Crippen molar-refractivity contribution < 1.29 is 4.42 Å². The van der Waals surface area contributed by atoms with Gasteiger partial charge < -0.3 is 4.42 Å². The van der Waals surface area contributed by atoms with Gasteiger partial charge in [0.25, 0.3) is 0 Å². The molecule has 0 saturated carbocycles. The first kappa shape index (κ1) is 24.1. The zero-order valence-corrected chi connectivity index (χ0v) is 24.5. The van der Waals surface area contributed by atoms with Gasteiger partial charge in [-0.2, -0.15) is 0 Å². The number of rotatable bonds is 2. The first-order valence-corrected chi connectivity index (χ1v) is 15.6. The van der Waals surface area contributed by atoms with Crippen molar-refractivity contribution in [3.63, 3.8) is 0 Å². The largest absolute Gasteiger partial charge is 0.456 e. The standard InChI is InChI=1S/C42H23N3O/c1-2-10-25(11-3-1)41-29-14-4-6-17-33(29)43-42(44-41)45-34-18-9-16-28-31-23-37-32(26-13-5-7-19-36(26)46-37)22-30(31)27-15-8-12-24-20-21-35(45)40(38(24)27)39(28)34/h1-23H. The molecule has 0 N–H and O–H groups in total. The van der Waals surface area contributed by atoms with Crippen LogP contribution in [-0.2, 0) is 0 Å². The molecule has 11 rings (SSSR count). The van der Waals surface area contributed by atoms with Crippen molar-refractivity contribution in [3.8, 4) is 39.5 Å². The van der Waals surface area contributed by atoms with Gasteiger partial charge in [-0.25, -0.2) is 9.97 Å². The number of aromatic nitrogens is 3. The summed E-state index contributed by atoms with van der Waals surface area (Å²) in [5, 5.41) is 8.23.